The van der Waals surface area contributed by atoms with Crippen molar-refractivity contribution in [2.45, 2.75) is 44.5 Å². The molecule has 2 saturated heterocycles. The van der Waals surface area contributed by atoms with Crippen molar-refractivity contribution in [2.75, 3.05) is 36.0 Å². The van der Waals surface area contributed by atoms with Crippen LogP contribution in [0.3, 0.4) is 0 Å². The molecule has 1 aromatic carbocycles. The van der Waals surface area contributed by atoms with E-state index in [0.717, 1.165) is 19.3 Å². The number of nitrogens with one attached hydrogen (secondary N) is 2. The topological polar surface area (TPSA) is 102 Å². The number of hydrogen-bond donors (Lipinski definition) is 2. The number of benzene rings is 1. The fourth-order valence-electron chi connectivity index (χ4n) is 4.74. The number of anilines is 2. The van der Waals surface area contributed by atoms with Crippen molar-refractivity contribution in [1.29, 1.82) is 0 Å². The van der Waals surface area contributed by atoms with Crippen molar-refractivity contribution in [2.24, 2.45) is 10.3 Å². The molecule has 2 fully saturated rings. The van der Waals surface area contributed by atoms with E-state index in [-0.39, 0.29) is 37.0 Å². The summed E-state index contributed by atoms with van der Waals surface area (Å²) in [5, 5.41) is 15.2. The molecule has 2 N–H and O–H groups in total. The van der Waals surface area contributed by atoms with Crippen LogP contribution in [0, 0.1) is 5.82 Å². The number of amides is 2. The predicted molar refractivity (Wildman–Crippen MR) is 130 cm³/mol. The van der Waals surface area contributed by atoms with Gasteiger partial charge in [-0.15, -0.1) is 16.5 Å². The first-order valence-corrected chi connectivity index (χ1v) is 12.6. The minimum atomic E-state index is -0.542. The highest BCUT2D eigenvalue weighted by Gasteiger charge is 2.35. The summed E-state index contributed by atoms with van der Waals surface area (Å²) in [5.74, 6) is -0.570. The molecule has 1 aromatic heterocycles. The Kier molecular flexibility index (Phi) is 6.82. The van der Waals surface area contributed by atoms with Gasteiger partial charge in [-0.3, -0.25) is 9.69 Å². The van der Waals surface area contributed by atoms with Crippen molar-refractivity contribution in [1.82, 2.24) is 15.9 Å². The fourth-order valence-corrected chi connectivity index (χ4v) is 5.47. The van der Waals surface area contributed by atoms with E-state index in [0.29, 0.717) is 24.5 Å². The maximum absolute atomic E-state index is 15.1. The van der Waals surface area contributed by atoms with Gasteiger partial charge in [0.25, 0.3) is 0 Å². The first-order chi connectivity index (χ1) is 17.0. The third-order valence-electron chi connectivity index (χ3n) is 6.53. The number of ether oxygens (including phenoxy) is 1. The Bertz CT molecular complexity index is 1090. The van der Waals surface area contributed by atoms with E-state index in [1.807, 2.05) is 11.0 Å². The lowest BCUT2D eigenvalue weighted by atomic mass is 10.0. The molecule has 0 saturated carbocycles. The van der Waals surface area contributed by atoms with Gasteiger partial charge in [-0.1, -0.05) is 11.3 Å². The number of hydrazine groups is 1. The zero-order valence-electron chi connectivity index (χ0n) is 19.4. The minimum absolute atomic E-state index is 0.0316. The standard InChI is InChI=1S/C23H28FN7O3S/c1-15(32)25-13-18-14-30(23(33)34-18)17-4-5-21(20(24)11-17)29-8-6-16(7-9-29)31-22(26-27-28-31)12-19-3-2-10-35-19/h2-5,10-11,16,18,22H,6-9,12-14H2,1H3,(H,25,32)(H,26,28)/t18-,22?/m0/s1. The molecule has 3 aliphatic rings. The Labute approximate surface area is 206 Å². The maximum atomic E-state index is 15.1. The monoisotopic (exact) mass is 501 g/mol. The van der Waals surface area contributed by atoms with Crippen LogP contribution in [0.25, 0.3) is 0 Å². The SMILES string of the molecule is CC(=O)NC[C@H]1CN(c2ccc(N3CCC(N4NN=NC4Cc4cccs4)CC3)c(F)c2)C(=O)O1. The summed E-state index contributed by atoms with van der Waals surface area (Å²) >= 11 is 1.72. The Morgan fingerprint density at radius 1 is 1.31 bits per heavy atom. The number of cyclic esters (lactones) is 1. The highest BCUT2D eigenvalue weighted by Crippen LogP contribution is 2.31. The van der Waals surface area contributed by atoms with Crippen LogP contribution in [-0.4, -0.2) is 61.5 Å². The van der Waals surface area contributed by atoms with E-state index in [1.165, 1.54) is 22.8 Å². The number of nitrogens with zero attached hydrogens (tertiary/aromatic N) is 5. The molecule has 10 nitrogen and oxygen atoms in total. The number of hydrogen-bond acceptors (Lipinski definition) is 9. The minimum Gasteiger partial charge on any atom is -0.442 e. The molecular weight excluding hydrogens is 473 g/mol. The summed E-state index contributed by atoms with van der Waals surface area (Å²) in [6, 6.07) is 9.24. The zero-order chi connectivity index (χ0) is 24.4. The van der Waals surface area contributed by atoms with Gasteiger partial charge >= 0.3 is 6.09 Å². The van der Waals surface area contributed by atoms with Gasteiger partial charge in [0.15, 0.2) is 0 Å². The number of halogens is 1. The smallest absolute Gasteiger partial charge is 0.414 e. The molecular formula is C23H28FN7O3S. The number of thiophene rings is 1. The van der Waals surface area contributed by atoms with Gasteiger partial charge in [0.05, 0.1) is 24.5 Å². The number of rotatable bonds is 7. The summed E-state index contributed by atoms with van der Waals surface area (Å²) in [6.07, 6.45) is 1.48. The van der Waals surface area contributed by atoms with E-state index in [4.69, 9.17) is 4.74 Å². The molecule has 35 heavy (non-hydrogen) atoms. The lowest BCUT2D eigenvalue weighted by Crippen LogP contribution is -2.51. The molecule has 2 aromatic rings. The van der Waals surface area contributed by atoms with Gasteiger partial charge in [-0.2, -0.15) is 5.01 Å². The Morgan fingerprint density at radius 2 is 2.14 bits per heavy atom. The molecule has 12 heteroatoms. The zero-order valence-corrected chi connectivity index (χ0v) is 20.2. The second-order valence-electron chi connectivity index (χ2n) is 8.89. The maximum Gasteiger partial charge on any atom is 0.414 e. The lowest BCUT2D eigenvalue weighted by Gasteiger charge is -2.38. The van der Waals surface area contributed by atoms with Crippen LogP contribution in [0.4, 0.5) is 20.6 Å². The van der Waals surface area contributed by atoms with Crippen molar-refractivity contribution < 1.29 is 18.7 Å². The summed E-state index contributed by atoms with van der Waals surface area (Å²) in [7, 11) is 0. The summed E-state index contributed by atoms with van der Waals surface area (Å²) < 4.78 is 20.4. The van der Waals surface area contributed by atoms with Crippen molar-refractivity contribution in [3.8, 4) is 0 Å². The van der Waals surface area contributed by atoms with Gasteiger partial charge in [0.1, 0.15) is 18.1 Å². The van der Waals surface area contributed by atoms with Crippen LogP contribution < -0.4 is 20.7 Å². The molecule has 1 unspecified atom stereocenters. The van der Waals surface area contributed by atoms with Crippen molar-refractivity contribution in [3.05, 3.63) is 46.4 Å². The van der Waals surface area contributed by atoms with Crippen LogP contribution >= 0.6 is 11.3 Å². The van der Waals surface area contributed by atoms with Crippen LogP contribution in [0.15, 0.2) is 46.0 Å². The molecule has 0 aliphatic carbocycles. The first-order valence-electron chi connectivity index (χ1n) is 11.7. The van der Waals surface area contributed by atoms with Gasteiger partial charge in [0.2, 0.25) is 5.91 Å². The summed E-state index contributed by atoms with van der Waals surface area (Å²) in [5.41, 5.74) is 4.01. The van der Waals surface area contributed by atoms with E-state index in [9.17, 15) is 9.59 Å². The van der Waals surface area contributed by atoms with Gasteiger partial charge in [0, 0.05) is 37.4 Å². The van der Waals surface area contributed by atoms with Crippen LogP contribution in [0.5, 0.6) is 0 Å². The second-order valence-corrected chi connectivity index (χ2v) is 9.93. The molecule has 186 valence electrons. The molecule has 0 spiro atoms. The van der Waals surface area contributed by atoms with E-state index >= 15 is 4.39 Å². The molecule has 3 aliphatic heterocycles. The highest BCUT2D eigenvalue weighted by atomic mass is 32.1. The third kappa shape index (κ3) is 5.22. The Balaban J connectivity index is 1.17. The molecule has 2 atom stereocenters. The van der Waals surface area contributed by atoms with Crippen LogP contribution in [0.1, 0.15) is 24.6 Å². The van der Waals surface area contributed by atoms with Gasteiger partial charge in [-0.25, -0.2) is 14.7 Å². The third-order valence-corrected chi connectivity index (χ3v) is 7.43. The number of carbonyl (C=O) groups excluding carboxylic acids is 2. The van der Waals surface area contributed by atoms with E-state index in [2.05, 4.69) is 37.6 Å². The van der Waals surface area contributed by atoms with Gasteiger partial charge < -0.3 is 15.0 Å². The van der Waals surface area contributed by atoms with Crippen LogP contribution in [0.2, 0.25) is 0 Å². The molecule has 0 bridgehead atoms. The van der Waals surface area contributed by atoms with Crippen molar-refractivity contribution >= 4 is 34.7 Å². The summed E-state index contributed by atoms with van der Waals surface area (Å²) in [4.78, 5) is 28.1. The summed E-state index contributed by atoms with van der Waals surface area (Å²) in [6.45, 7) is 3.30. The predicted octanol–water partition coefficient (Wildman–Crippen LogP) is 3.07. The highest BCUT2D eigenvalue weighted by molar-refractivity contribution is 7.09. The molecule has 5 rings (SSSR count). The average molecular weight is 502 g/mol. The Morgan fingerprint density at radius 3 is 2.86 bits per heavy atom. The average Bonchev–Trinajstić information content (AvgIpc) is 3.60. The molecule has 4 heterocycles. The largest absolute Gasteiger partial charge is 0.442 e. The fraction of sp³-hybridized carbons (Fsp3) is 0.478. The van der Waals surface area contributed by atoms with E-state index < -0.39 is 12.2 Å². The number of piperidine rings is 1. The molecule has 2 amide bonds. The van der Waals surface area contributed by atoms with Crippen molar-refractivity contribution in [3.63, 3.8) is 0 Å². The van der Waals surface area contributed by atoms with Crippen LogP contribution in [-0.2, 0) is 16.0 Å². The number of carbonyl (C=O) groups is 2. The first kappa shape index (κ1) is 23.5. The van der Waals surface area contributed by atoms with E-state index in [1.54, 1.807) is 23.5 Å². The normalized spacial score (nSPS) is 23.0. The quantitative estimate of drug-likeness (QED) is 0.605. The molecule has 0 radical (unpaired) electrons. The Hall–Kier alpha value is -3.25. The lowest BCUT2D eigenvalue weighted by molar-refractivity contribution is -0.119. The second kappa shape index (κ2) is 10.2. The van der Waals surface area contributed by atoms with Gasteiger partial charge in [-0.05, 0) is 42.5 Å².